The zero-order valence-electron chi connectivity index (χ0n) is 14.6. The molecule has 0 saturated carbocycles. The number of carbonyl (C=O) groups is 2. The van der Waals surface area contributed by atoms with Gasteiger partial charge in [-0.05, 0) is 19.1 Å². The van der Waals surface area contributed by atoms with Gasteiger partial charge in [0.25, 0.3) is 11.8 Å². The fourth-order valence-electron chi connectivity index (χ4n) is 2.79. The highest BCUT2D eigenvalue weighted by Crippen LogP contribution is 2.22. The average Bonchev–Trinajstić information content (AvgIpc) is 2.68. The predicted molar refractivity (Wildman–Crippen MR) is 91.7 cm³/mol. The van der Waals surface area contributed by atoms with E-state index in [4.69, 9.17) is 0 Å². The van der Waals surface area contributed by atoms with Crippen LogP contribution in [-0.2, 0) is 0 Å². The van der Waals surface area contributed by atoms with Crippen molar-refractivity contribution in [3.8, 4) is 5.75 Å². The SMILES string of the molecule is Cc1cnc(C(=O)N2CCN(C(=O)c3ccccc3OC(F)F)CC2)cn1. The van der Waals surface area contributed by atoms with Crippen molar-refractivity contribution in [3.63, 3.8) is 0 Å². The Hall–Kier alpha value is -3.10. The van der Waals surface area contributed by atoms with Crippen LogP contribution in [0.15, 0.2) is 36.7 Å². The Bertz CT molecular complexity index is 822. The zero-order valence-corrected chi connectivity index (χ0v) is 14.6. The van der Waals surface area contributed by atoms with Crippen LogP contribution in [0.4, 0.5) is 8.78 Å². The van der Waals surface area contributed by atoms with E-state index < -0.39 is 12.5 Å². The van der Waals surface area contributed by atoms with Crippen molar-refractivity contribution in [2.45, 2.75) is 13.5 Å². The molecule has 1 aromatic heterocycles. The second kappa shape index (κ2) is 8.07. The number of alkyl halides is 2. The van der Waals surface area contributed by atoms with Crippen molar-refractivity contribution < 1.29 is 23.1 Å². The highest BCUT2D eigenvalue weighted by Gasteiger charge is 2.27. The van der Waals surface area contributed by atoms with E-state index >= 15 is 0 Å². The Balaban J connectivity index is 1.64. The van der Waals surface area contributed by atoms with Gasteiger partial charge >= 0.3 is 6.61 Å². The first-order chi connectivity index (χ1) is 13.0. The number of hydrogen-bond acceptors (Lipinski definition) is 5. The molecule has 2 amide bonds. The highest BCUT2D eigenvalue weighted by molar-refractivity contribution is 5.97. The van der Waals surface area contributed by atoms with Crippen molar-refractivity contribution in [1.29, 1.82) is 0 Å². The van der Waals surface area contributed by atoms with E-state index in [1.807, 2.05) is 0 Å². The molecule has 1 fully saturated rings. The summed E-state index contributed by atoms with van der Waals surface area (Å²) in [5, 5.41) is 0. The molecule has 2 aromatic rings. The van der Waals surface area contributed by atoms with Gasteiger partial charge in [-0.25, -0.2) is 4.98 Å². The number of aromatic nitrogens is 2. The molecule has 7 nitrogen and oxygen atoms in total. The molecule has 0 atom stereocenters. The zero-order chi connectivity index (χ0) is 19.4. The summed E-state index contributed by atoms with van der Waals surface area (Å²) in [6, 6.07) is 5.88. The first-order valence-corrected chi connectivity index (χ1v) is 8.36. The summed E-state index contributed by atoms with van der Waals surface area (Å²) >= 11 is 0. The van der Waals surface area contributed by atoms with E-state index in [2.05, 4.69) is 14.7 Å². The van der Waals surface area contributed by atoms with Gasteiger partial charge in [0.1, 0.15) is 11.4 Å². The molecule has 0 spiro atoms. The molecule has 1 aromatic carbocycles. The molecule has 0 N–H and O–H groups in total. The van der Waals surface area contributed by atoms with E-state index in [1.54, 1.807) is 17.9 Å². The molecule has 9 heteroatoms. The number of rotatable bonds is 4. The van der Waals surface area contributed by atoms with Crippen LogP contribution in [0, 0.1) is 6.92 Å². The van der Waals surface area contributed by atoms with E-state index in [0.717, 1.165) is 0 Å². The number of hydrogen-bond donors (Lipinski definition) is 0. The van der Waals surface area contributed by atoms with Gasteiger partial charge in [0.2, 0.25) is 0 Å². The first-order valence-electron chi connectivity index (χ1n) is 8.36. The van der Waals surface area contributed by atoms with Crippen LogP contribution in [0.25, 0.3) is 0 Å². The summed E-state index contributed by atoms with van der Waals surface area (Å²) in [7, 11) is 0. The summed E-state index contributed by atoms with van der Waals surface area (Å²) in [4.78, 5) is 36.3. The molecule has 1 aliphatic heterocycles. The van der Waals surface area contributed by atoms with Crippen molar-refractivity contribution in [2.24, 2.45) is 0 Å². The van der Waals surface area contributed by atoms with Crippen molar-refractivity contribution in [1.82, 2.24) is 19.8 Å². The summed E-state index contributed by atoms with van der Waals surface area (Å²) in [6.45, 7) is -0.0270. The van der Waals surface area contributed by atoms with E-state index in [9.17, 15) is 18.4 Å². The van der Waals surface area contributed by atoms with Gasteiger partial charge in [-0.1, -0.05) is 12.1 Å². The second-order valence-corrected chi connectivity index (χ2v) is 6.00. The minimum Gasteiger partial charge on any atom is -0.434 e. The van der Waals surface area contributed by atoms with Crippen molar-refractivity contribution in [2.75, 3.05) is 26.2 Å². The smallest absolute Gasteiger partial charge is 0.387 e. The van der Waals surface area contributed by atoms with E-state index in [1.165, 1.54) is 35.5 Å². The molecule has 0 aliphatic carbocycles. The molecule has 2 heterocycles. The molecular weight excluding hydrogens is 358 g/mol. The summed E-state index contributed by atoms with van der Waals surface area (Å²) in [5.74, 6) is -0.824. The first kappa shape index (κ1) is 18.7. The van der Waals surface area contributed by atoms with Gasteiger partial charge in [-0.15, -0.1) is 0 Å². The largest absolute Gasteiger partial charge is 0.434 e. The normalized spacial score (nSPS) is 14.4. The summed E-state index contributed by atoms with van der Waals surface area (Å²) < 4.78 is 29.5. The number of nitrogens with zero attached hydrogens (tertiary/aromatic N) is 4. The minimum absolute atomic E-state index is 0.0713. The molecule has 27 heavy (non-hydrogen) atoms. The maximum Gasteiger partial charge on any atom is 0.387 e. The molecule has 3 rings (SSSR count). The van der Waals surface area contributed by atoms with Gasteiger partial charge in [-0.2, -0.15) is 8.78 Å². The van der Waals surface area contributed by atoms with Crippen LogP contribution >= 0.6 is 0 Å². The van der Waals surface area contributed by atoms with Crippen molar-refractivity contribution >= 4 is 11.8 Å². The van der Waals surface area contributed by atoms with Gasteiger partial charge < -0.3 is 14.5 Å². The lowest BCUT2D eigenvalue weighted by Crippen LogP contribution is -2.50. The second-order valence-electron chi connectivity index (χ2n) is 6.00. The molecule has 0 radical (unpaired) electrons. The topological polar surface area (TPSA) is 75.6 Å². The Labute approximate surface area is 154 Å². The number of para-hydroxylation sites is 1. The highest BCUT2D eigenvalue weighted by atomic mass is 19.3. The number of carbonyl (C=O) groups excluding carboxylic acids is 2. The third-order valence-corrected chi connectivity index (χ3v) is 4.19. The molecule has 0 unspecified atom stereocenters. The maximum absolute atomic E-state index is 12.7. The van der Waals surface area contributed by atoms with Gasteiger partial charge in [0.05, 0.1) is 17.5 Å². The molecule has 142 valence electrons. The minimum atomic E-state index is -3.01. The number of ether oxygens (including phenoxy) is 1. The average molecular weight is 376 g/mol. The van der Waals surface area contributed by atoms with Crippen LogP contribution in [0.2, 0.25) is 0 Å². The Morgan fingerprint density at radius 1 is 1.00 bits per heavy atom. The lowest BCUT2D eigenvalue weighted by Gasteiger charge is -2.34. The molecule has 1 saturated heterocycles. The van der Waals surface area contributed by atoms with Crippen LogP contribution in [0.3, 0.4) is 0 Å². The lowest BCUT2D eigenvalue weighted by molar-refractivity contribution is -0.0503. The maximum atomic E-state index is 12.7. The Morgan fingerprint density at radius 2 is 1.63 bits per heavy atom. The molecule has 1 aliphatic rings. The molecule has 0 bridgehead atoms. The number of aryl methyl sites for hydroxylation is 1. The van der Waals surface area contributed by atoms with Crippen LogP contribution in [-0.4, -0.2) is 64.4 Å². The van der Waals surface area contributed by atoms with E-state index in [0.29, 0.717) is 18.8 Å². The monoisotopic (exact) mass is 376 g/mol. The number of halogens is 2. The Kier molecular flexibility index (Phi) is 5.58. The standard InChI is InChI=1S/C18H18F2N4O3/c1-12-10-22-14(11-21-12)17(26)24-8-6-23(7-9-24)16(25)13-4-2-3-5-15(13)27-18(19)20/h2-5,10-11,18H,6-9H2,1H3. The lowest BCUT2D eigenvalue weighted by atomic mass is 10.1. The third-order valence-electron chi connectivity index (χ3n) is 4.19. The molecular formula is C18H18F2N4O3. The van der Waals surface area contributed by atoms with Crippen LogP contribution < -0.4 is 4.74 Å². The van der Waals surface area contributed by atoms with Crippen LogP contribution in [0.5, 0.6) is 5.75 Å². The Morgan fingerprint density at radius 3 is 2.22 bits per heavy atom. The van der Waals surface area contributed by atoms with Gasteiger partial charge in [-0.3, -0.25) is 14.6 Å². The van der Waals surface area contributed by atoms with E-state index in [-0.39, 0.29) is 36.0 Å². The van der Waals surface area contributed by atoms with Gasteiger partial charge in [0, 0.05) is 32.4 Å². The summed E-state index contributed by atoms with van der Waals surface area (Å²) in [6.07, 6.45) is 2.94. The fraction of sp³-hybridized carbons (Fsp3) is 0.333. The number of amides is 2. The van der Waals surface area contributed by atoms with Crippen LogP contribution in [0.1, 0.15) is 26.5 Å². The predicted octanol–water partition coefficient (Wildman–Crippen LogP) is 1.98. The quantitative estimate of drug-likeness (QED) is 0.816. The number of piperazine rings is 1. The third kappa shape index (κ3) is 4.36. The van der Waals surface area contributed by atoms with Gasteiger partial charge in [0.15, 0.2) is 0 Å². The number of benzene rings is 1. The summed E-state index contributed by atoms with van der Waals surface area (Å²) in [5.41, 5.74) is 1.03. The fourth-order valence-corrected chi connectivity index (χ4v) is 2.79. The van der Waals surface area contributed by atoms with Crippen molar-refractivity contribution in [3.05, 3.63) is 53.6 Å².